The minimum absolute atomic E-state index is 0.212. The second-order valence-electron chi connectivity index (χ2n) is 4.36. The number of benzene rings is 1. The van der Waals surface area contributed by atoms with Crippen molar-refractivity contribution in [3.8, 4) is 0 Å². The maximum atomic E-state index is 11.0. The molecule has 0 saturated carbocycles. The lowest BCUT2D eigenvalue weighted by molar-refractivity contribution is -0.126. The van der Waals surface area contributed by atoms with Crippen molar-refractivity contribution in [2.75, 3.05) is 18.5 Å². The highest BCUT2D eigenvalue weighted by molar-refractivity contribution is 7.80. The molecule has 1 heterocycles. The Morgan fingerprint density at radius 1 is 1.39 bits per heavy atom. The molecular weight excluding hydrogens is 250 g/mol. The van der Waals surface area contributed by atoms with Crippen LogP contribution in [-0.2, 0) is 9.53 Å². The average molecular weight is 265 g/mol. The third kappa shape index (κ3) is 3.18. The van der Waals surface area contributed by atoms with Gasteiger partial charge in [-0.25, -0.2) is 0 Å². The minimum Gasteiger partial charge on any atom is -0.376 e. The van der Waals surface area contributed by atoms with Gasteiger partial charge in [0.05, 0.1) is 25.2 Å². The lowest BCUT2D eigenvalue weighted by atomic mass is 9.93. The molecule has 1 aromatic rings. The van der Waals surface area contributed by atoms with Crippen LogP contribution < -0.4 is 16.4 Å². The van der Waals surface area contributed by atoms with E-state index < -0.39 is 5.54 Å². The summed E-state index contributed by atoms with van der Waals surface area (Å²) in [4.78, 5) is 11.0. The zero-order valence-electron chi connectivity index (χ0n) is 9.81. The van der Waals surface area contributed by atoms with Gasteiger partial charge < -0.3 is 21.1 Å². The summed E-state index contributed by atoms with van der Waals surface area (Å²) in [6.07, 6.45) is 0.212. The van der Waals surface area contributed by atoms with Crippen molar-refractivity contribution >= 4 is 28.9 Å². The lowest BCUT2D eigenvalue weighted by Gasteiger charge is -2.42. The Hall–Kier alpha value is -1.66. The number of thiocarbonyl (C=S) groups is 1. The summed E-state index contributed by atoms with van der Waals surface area (Å²) in [6.45, 7) is 0.874. The quantitative estimate of drug-likeness (QED) is 0.696. The standard InChI is InChI=1S/C12H15N3O2S/c13-10(16)6-12(7-17-8-12)15-11(18)14-9-4-2-1-3-5-9/h1-5H,6-8H2,(H2,13,16)(H2,14,15,18). The van der Waals surface area contributed by atoms with Crippen LogP contribution in [-0.4, -0.2) is 29.8 Å². The van der Waals surface area contributed by atoms with E-state index in [9.17, 15) is 4.79 Å². The van der Waals surface area contributed by atoms with Crippen LogP contribution in [0.1, 0.15) is 6.42 Å². The molecule has 4 N–H and O–H groups in total. The molecule has 5 nitrogen and oxygen atoms in total. The fourth-order valence-corrected chi connectivity index (χ4v) is 2.16. The van der Waals surface area contributed by atoms with Gasteiger partial charge in [-0.05, 0) is 24.4 Å². The van der Waals surface area contributed by atoms with E-state index in [-0.39, 0.29) is 12.3 Å². The zero-order valence-corrected chi connectivity index (χ0v) is 10.6. The van der Waals surface area contributed by atoms with Crippen LogP contribution in [0.25, 0.3) is 0 Å². The van der Waals surface area contributed by atoms with E-state index in [1.807, 2.05) is 30.3 Å². The molecule has 18 heavy (non-hydrogen) atoms. The molecule has 0 aliphatic carbocycles. The van der Waals surface area contributed by atoms with Crippen LogP contribution >= 0.6 is 12.2 Å². The van der Waals surface area contributed by atoms with Crippen LogP contribution in [0, 0.1) is 0 Å². The number of primary amides is 1. The average Bonchev–Trinajstić information content (AvgIpc) is 2.26. The van der Waals surface area contributed by atoms with Gasteiger partial charge in [0.2, 0.25) is 5.91 Å². The molecule has 1 aromatic carbocycles. The second kappa shape index (κ2) is 5.32. The highest BCUT2D eigenvalue weighted by Crippen LogP contribution is 2.21. The first-order valence-electron chi connectivity index (χ1n) is 5.60. The van der Waals surface area contributed by atoms with Gasteiger partial charge in [0.15, 0.2) is 5.11 Å². The third-order valence-electron chi connectivity index (χ3n) is 2.68. The van der Waals surface area contributed by atoms with Crippen molar-refractivity contribution in [3.63, 3.8) is 0 Å². The van der Waals surface area contributed by atoms with Crippen molar-refractivity contribution in [1.82, 2.24) is 5.32 Å². The summed E-state index contributed by atoms with van der Waals surface area (Å²) >= 11 is 5.21. The first-order chi connectivity index (χ1) is 8.60. The molecule has 2 rings (SSSR count). The van der Waals surface area contributed by atoms with Gasteiger partial charge >= 0.3 is 0 Å². The SMILES string of the molecule is NC(=O)CC1(NC(=S)Nc2ccccc2)COC1. The van der Waals surface area contributed by atoms with E-state index in [0.29, 0.717) is 18.3 Å². The molecule has 1 saturated heterocycles. The molecule has 0 aromatic heterocycles. The number of rotatable bonds is 4. The van der Waals surface area contributed by atoms with E-state index in [1.165, 1.54) is 0 Å². The fraction of sp³-hybridized carbons (Fsp3) is 0.333. The Bertz CT molecular complexity index is 446. The Morgan fingerprint density at radius 2 is 2.06 bits per heavy atom. The number of nitrogens with two attached hydrogens (primary N) is 1. The molecule has 1 fully saturated rings. The fourth-order valence-electron chi connectivity index (χ4n) is 1.83. The monoisotopic (exact) mass is 265 g/mol. The highest BCUT2D eigenvalue weighted by Gasteiger charge is 2.40. The normalized spacial score (nSPS) is 16.4. The summed E-state index contributed by atoms with van der Waals surface area (Å²) in [5, 5.41) is 6.62. The number of nitrogens with one attached hydrogen (secondary N) is 2. The molecule has 1 aliphatic rings. The zero-order chi connectivity index (χ0) is 13.0. The summed E-state index contributed by atoms with van der Waals surface area (Å²) in [6, 6.07) is 9.57. The Balaban J connectivity index is 1.92. The van der Waals surface area contributed by atoms with Gasteiger partial charge in [0.25, 0.3) is 0 Å². The van der Waals surface area contributed by atoms with Crippen molar-refractivity contribution in [2.45, 2.75) is 12.0 Å². The first-order valence-corrected chi connectivity index (χ1v) is 6.01. The molecule has 6 heteroatoms. The Labute approximate surface area is 111 Å². The number of carbonyl (C=O) groups excluding carboxylic acids is 1. The van der Waals surface area contributed by atoms with E-state index in [4.69, 9.17) is 22.7 Å². The van der Waals surface area contributed by atoms with Gasteiger partial charge in [-0.3, -0.25) is 4.79 Å². The van der Waals surface area contributed by atoms with E-state index in [1.54, 1.807) is 0 Å². The number of hydrogen-bond donors (Lipinski definition) is 3. The maximum Gasteiger partial charge on any atom is 0.219 e. The van der Waals surface area contributed by atoms with Crippen molar-refractivity contribution < 1.29 is 9.53 Å². The first kappa shape index (κ1) is 12.8. The topological polar surface area (TPSA) is 76.4 Å². The van der Waals surface area contributed by atoms with Crippen molar-refractivity contribution in [3.05, 3.63) is 30.3 Å². The number of ether oxygens (including phenoxy) is 1. The highest BCUT2D eigenvalue weighted by atomic mass is 32.1. The van der Waals surface area contributed by atoms with Crippen LogP contribution in [0.15, 0.2) is 30.3 Å². The molecule has 0 radical (unpaired) electrons. The van der Waals surface area contributed by atoms with Gasteiger partial charge in [0.1, 0.15) is 0 Å². The summed E-state index contributed by atoms with van der Waals surface area (Å²) < 4.78 is 5.13. The predicted octanol–water partition coefficient (Wildman–Crippen LogP) is 0.617. The molecule has 0 atom stereocenters. The molecule has 1 aliphatic heterocycles. The summed E-state index contributed by atoms with van der Waals surface area (Å²) in [7, 11) is 0. The summed E-state index contributed by atoms with van der Waals surface area (Å²) in [5.41, 5.74) is 5.66. The maximum absolute atomic E-state index is 11.0. The van der Waals surface area contributed by atoms with Crippen LogP contribution in [0.5, 0.6) is 0 Å². The van der Waals surface area contributed by atoms with Gasteiger partial charge in [0, 0.05) is 5.69 Å². The molecule has 0 spiro atoms. The Morgan fingerprint density at radius 3 is 2.56 bits per heavy atom. The number of carbonyl (C=O) groups is 1. The van der Waals surface area contributed by atoms with Crippen LogP contribution in [0.3, 0.4) is 0 Å². The Kier molecular flexibility index (Phi) is 3.78. The lowest BCUT2D eigenvalue weighted by Crippen LogP contribution is -2.64. The van der Waals surface area contributed by atoms with Crippen LogP contribution in [0.2, 0.25) is 0 Å². The van der Waals surface area contributed by atoms with Crippen molar-refractivity contribution in [1.29, 1.82) is 0 Å². The number of amides is 1. The van der Waals surface area contributed by atoms with E-state index in [0.717, 1.165) is 5.69 Å². The summed E-state index contributed by atoms with van der Waals surface area (Å²) in [5.74, 6) is -0.367. The molecule has 1 amide bonds. The van der Waals surface area contributed by atoms with Gasteiger partial charge in [-0.1, -0.05) is 18.2 Å². The van der Waals surface area contributed by atoms with Crippen molar-refractivity contribution in [2.24, 2.45) is 5.73 Å². The molecule has 0 unspecified atom stereocenters. The molecular formula is C12H15N3O2S. The molecule has 0 bridgehead atoms. The number of anilines is 1. The number of para-hydroxylation sites is 1. The van der Waals surface area contributed by atoms with E-state index >= 15 is 0 Å². The smallest absolute Gasteiger partial charge is 0.219 e. The minimum atomic E-state index is -0.454. The van der Waals surface area contributed by atoms with Gasteiger partial charge in [-0.2, -0.15) is 0 Å². The largest absolute Gasteiger partial charge is 0.376 e. The molecule has 96 valence electrons. The third-order valence-corrected chi connectivity index (χ3v) is 2.88. The number of hydrogen-bond acceptors (Lipinski definition) is 3. The van der Waals surface area contributed by atoms with Gasteiger partial charge in [-0.15, -0.1) is 0 Å². The van der Waals surface area contributed by atoms with Crippen LogP contribution in [0.4, 0.5) is 5.69 Å². The van der Waals surface area contributed by atoms with E-state index in [2.05, 4.69) is 10.6 Å². The second-order valence-corrected chi connectivity index (χ2v) is 4.77. The predicted molar refractivity (Wildman–Crippen MR) is 73.2 cm³/mol.